The van der Waals surface area contributed by atoms with Crippen LogP contribution in [0.2, 0.25) is 0 Å². The average molecular weight is 288 g/mol. The number of phenols is 2. The molecule has 0 unspecified atom stereocenters. The van der Waals surface area contributed by atoms with E-state index in [1.54, 1.807) is 0 Å². The Bertz CT molecular complexity index is 697. The van der Waals surface area contributed by atoms with Gasteiger partial charge in [-0.15, -0.1) is 0 Å². The van der Waals surface area contributed by atoms with E-state index in [2.05, 4.69) is 0 Å². The number of hydrogen-bond acceptors (Lipinski definition) is 5. The second kappa shape index (κ2) is 5.49. The van der Waals surface area contributed by atoms with Gasteiger partial charge in [-0.2, -0.15) is 0 Å². The lowest BCUT2D eigenvalue weighted by Crippen LogP contribution is -2.26. The summed E-state index contributed by atoms with van der Waals surface area (Å²) >= 11 is 0. The molecule has 0 saturated carbocycles. The van der Waals surface area contributed by atoms with Gasteiger partial charge in [-0.25, -0.2) is 0 Å². The van der Waals surface area contributed by atoms with Gasteiger partial charge in [0, 0.05) is 18.8 Å². The third-order valence-electron chi connectivity index (χ3n) is 2.95. The van der Waals surface area contributed by atoms with E-state index in [1.807, 2.05) is 0 Å². The van der Waals surface area contributed by atoms with Crippen molar-refractivity contribution in [2.45, 2.75) is 0 Å². The Balaban J connectivity index is 2.41. The van der Waals surface area contributed by atoms with E-state index in [0.29, 0.717) is 5.69 Å². The van der Waals surface area contributed by atoms with Gasteiger partial charge in [-0.05, 0) is 36.4 Å². The predicted molar refractivity (Wildman–Crippen MR) is 75.6 cm³/mol. The maximum absolute atomic E-state index is 12.4. The van der Waals surface area contributed by atoms with Gasteiger partial charge < -0.3 is 15.1 Å². The molecule has 0 radical (unpaired) electrons. The van der Waals surface area contributed by atoms with Gasteiger partial charge >= 0.3 is 0 Å². The first-order valence-electron chi connectivity index (χ1n) is 5.94. The number of rotatable bonds is 3. The quantitative estimate of drug-likeness (QED) is 0.666. The van der Waals surface area contributed by atoms with Crippen molar-refractivity contribution in [2.24, 2.45) is 0 Å². The highest BCUT2D eigenvalue weighted by Gasteiger charge is 2.24. The maximum Gasteiger partial charge on any atom is 0.282 e. The van der Waals surface area contributed by atoms with E-state index in [9.17, 15) is 25.1 Å². The SMILES string of the molecule is CN(C(=O)c1cc(O)ccc1[N+](=O)[O-])c1ccc(O)cc1. The first kappa shape index (κ1) is 14.3. The fourth-order valence-corrected chi connectivity index (χ4v) is 1.83. The Morgan fingerprint density at radius 3 is 2.24 bits per heavy atom. The van der Waals surface area contributed by atoms with Crippen molar-refractivity contribution in [2.75, 3.05) is 11.9 Å². The zero-order chi connectivity index (χ0) is 15.6. The topological polar surface area (TPSA) is 104 Å². The normalized spacial score (nSPS) is 10.1. The molecule has 0 aliphatic heterocycles. The van der Waals surface area contributed by atoms with Crippen LogP contribution < -0.4 is 4.90 Å². The summed E-state index contributed by atoms with van der Waals surface area (Å²) in [5, 5.41) is 29.6. The van der Waals surface area contributed by atoms with Crippen LogP contribution in [0.25, 0.3) is 0 Å². The number of carbonyl (C=O) groups excluding carboxylic acids is 1. The van der Waals surface area contributed by atoms with Gasteiger partial charge in [-0.3, -0.25) is 14.9 Å². The number of hydrogen-bond donors (Lipinski definition) is 2. The van der Waals surface area contributed by atoms with Crippen LogP contribution in [0.4, 0.5) is 11.4 Å². The van der Waals surface area contributed by atoms with Gasteiger partial charge in [0.25, 0.3) is 11.6 Å². The molecule has 0 spiro atoms. The minimum Gasteiger partial charge on any atom is -0.508 e. The number of phenolic OH excluding ortho intramolecular Hbond substituents is 2. The largest absolute Gasteiger partial charge is 0.508 e. The molecule has 2 aromatic rings. The van der Waals surface area contributed by atoms with E-state index in [-0.39, 0.29) is 22.7 Å². The molecule has 7 heteroatoms. The Morgan fingerprint density at radius 1 is 1.10 bits per heavy atom. The minimum absolute atomic E-state index is 0.0444. The van der Waals surface area contributed by atoms with Crippen molar-refractivity contribution >= 4 is 17.3 Å². The summed E-state index contributed by atoms with van der Waals surface area (Å²) in [5.74, 6) is -0.825. The van der Waals surface area contributed by atoms with Crippen LogP contribution in [-0.2, 0) is 0 Å². The number of aromatic hydroxyl groups is 2. The third kappa shape index (κ3) is 2.92. The van der Waals surface area contributed by atoms with Crippen LogP contribution in [0, 0.1) is 10.1 Å². The van der Waals surface area contributed by atoms with Crippen LogP contribution >= 0.6 is 0 Å². The lowest BCUT2D eigenvalue weighted by molar-refractivity contribution is -0.385. The molecule has 2 aromatic carbocycles. The summed E-state index contributed by atoms with van der Waals surface area (Å²) in [4.78, 5) is 23.8. The molecule has 0 atom stereocenters. The van der Waals surface area contributed by atoms with Crippen LogP contribution in [0.1, 0.15) is 10.4 Å². The average Bonchev–Trinajstić information content (AvgIpc) is 2.46. The molecule has 21 heavy (non-hydrogen) atoms. The summed E-state index contributed by atoms with van der Waals surface area (Å²) < 4.78 is 0. The summed E-state index contributed by atoms with van der Waals surface area (Å²) in [6, 6.07) is 9.08. The monoisotopic (exact) mass is 288 g/mol. The van der Waals surface area contributed by atoms with Gasteiger partial charge in [0.05, 0.1) is 4.92 Å². The smallest absolute Gasteiger partial charge is 0.282 e. The van der Waals surface area contributed by atoms with Crippen molar-refractivity contribution in [3.63, 3.8) is 0 Å². The summed E-state index contributed by atoms with van der Waals surface area (Å²) in [6.07, 6.45) is 0. The van der Waals surface area contributed by atoms with Crippen molar-refractivity contribution in [3.8, 4) is 11.5 Å². The first-order valence-corrected chi connectivity index (χ1v) is 5.94. The minimum atomic E-state index is -0.683. The fraction of sp³-hybridized carbons (Fsp3) is 0.0714. The molecule has 0 aromatic heterocycles. The highest BCUT2D eigenvalue weighted by molar-refractivity contribution is 6.08. The lowest BCUT2D eigenvalue weighted by Gasteiger charge is -2.17. The number of amides is 1. The van der Waals surface area contributed by atoms with Gasteiger partial charge in [-0.1, -0.05) is 0 Å². The van der Waals surface area contributed by atoms with Crippen molar-refractivity contribution in [1.82, 2.24) is 0 Å². The van der Waals surface area contributed by atoms with E-state index in [0.717, 1.165) is 18.2 Å². The number of carbonyl (C=O) groups is 1. The predicted octanol–water partition coefficient (Wildman–Crippen LogP) is 2.28. The van der Waals surface area contributed by atoms with E-state index >= 15 is 0 Å². The van der Waals surface area contributed by atoms with Gasteiger partial charge in [0.2, 0.25) is 0 Å². The van der Waals surface area contributed by atoms with Crippen molar-refractivity contribution < 1.29 is 19.9 Å². The van der Waals surface area contributed by atoms with Crippen LogP contribution in [0.5, 0.6) is 11.5 Å². The van der Waals surface area contributed by atoms with Crippen molar-refractivity contribution in [3.05, 3.63) is 58.1 Å². The first-order chi connectivity index (χ1) is 9.90. The Hall–Kier alpha value is -3.09. The summed E-state index contributed by atoms with van der Waals surface area (Å²) in [5.41, 5.74) is -0.144. The molecule has 0 aliphatic rings. The number of nitro groups is 1. The molecule has 0 saturated heterocycles. The molecule has 0 heterocycles. The highest BCUT2D eigenvalue weighted by Crippen LogP contribution is 2.26. The molecule has 7 nitrogen and oxygen atoms in total. The molecule has 0 bridgehead atoms. The Morgan fingerprint density at radius 2 is 1.67 bits per heavy atom. The van der Waals surface area contributed by atoms with Gasteiger partial charge in [0.1, 0.15) is 17.1 Å². The maximum atomic E-state index is 12.4. The molecule has 2 rings (SSSR count). The fourth-order valence-electron chi connectivity index (χ4n) is 1.83. The Labute approximate surface area is 119 Å². The van der Waals surface area contributed by atoms with E-state index in [4.69, 9.17) is 0 Å². The number of nitrogens with zero attached hydrogens (tertiary/aromatic N) is 2. The number of benzene rings is 2. The zero-order valence-corrected chi connectivity index (χ0v) is 11.1. The molecule has 0 aliphatic carbocycles. The molecular formula is C14H12N2O5. The van der Waals surface area contributed by atoms with E-state index in [1.165, 1.54) is 36.2 Å². The Kier molecular flexibility index (Phi) is 3.75. The van der Waals surface area contributed by atoms with Crippen LogP contribution in [0.15, 0.2) is 42.5 Å². The summed E-state index contributed by atoms with van der Waals surface area (Å²) in [7, 11) is 1.45. The number of anilines is 1. The lowest BCUT2D eigenvalue weighted by atomic mass is 10.1. The molecular weight excluding hydrogens is 276 g/mol. The van der Waals surface area contributed by atoms with Crippen LogP contribution in [0.3, 0.4) is 0 Å². The highest BCUT2D eigenvalue weighted by atomic mass is 16.6. The number of nitro benzene ring substituents is 1. The second-order valence-corrected chi connectivity index (χ2v) is 4.34. The molecule has 1 amide bonds. The molecule has 2 N–H and O–H groups in total. The molecule has 108 valence electrons. The van der Waals surface area contributed by atoms with E-state index < -0.39 is 10.8 Å². The second-order valence-electron chi connectivity index (χ2n) is 4.34. The summed E-state index contributed by atoms with van der Waals surface area (Å²) in [6.45, 7) is 0. The third-order valence-corrected chi connectivity index (χ3v) is 2.95. The standard InChI is InChI=1S/C14H12N2O5/c1-15(9-2-4-10(17)5-3-9)14(19)12-8-11(18)6-7-13(12)16(20)21/h2-8,17-18H,1H3. The van der Waals surface area contributed by atoms with Crippen molar-refractivity contribution in [1.29, 1.82) is 0 Å². The zero-order valence-electron chi connectivity index (χ0n) is 11.1. The molecule has 0 fully saturated rings. The van der Waals surface area contributed by atoms with Gasteiger partial charge in [0.15, 0.2) is 0 Å². The van der Waals surface area contributed by atoms with Crippen LogP contribution in [-0.4, -0.2) is 28.1 Å².